The summed E-state index contributed by atoms with van der Waals surface area (Å²) in [7, 11) is 1.29. The number of carbonyl (C=O) groups is 3. The van der Waals surface area contributed by atoms with Gasteiger partial charge >= 0.3 is 17.8 Å². The molecule has 0 bridgehead atoms. The van der Waals surface area contributed by atoms with Gasteiger partial charge in [-0.05, 0) is 17.7 Å². The lowest BCUT2D eigenvalue weighted by atomic mass is 10.1. The minimum absolute atomic E-state index is 0.399. The van der Waals surface area contributed by atoms with Crippen LogP contribution in [0.1, 0.15) is 15.9 Å². The van der Waals surface area contributed by atoms with E-state index in [1.165, 1.54) is 13.3 Å². The molecule has 1 rings (SSSR count). The van der Waals surface area contributed by atoms with Gasteiger partial charge in [0, 0.05) is 0 Å². The fraction of sp³-hybridized carbons (Fsp3) is 0.0909. The van der Waals surface area contributed by atoms with E-state index in [4.69, 9.17) is 5.73 Å². The van der Waals surface area contributed by atoms with Crippen LogP contribution in [-0.2, 0) is 14.3 Å². The first-order chi connectivity index (χ1) is 8.54. The van der Waals surface area contributed by atoms with Crippen molar-refractivity contribution in [2.75, 3.05) is 7.11 Å². The summed E-state index contributed by atoms with van der Waals surface area (Å²) in [5.41, 5.74) is 7.68. The molecule has 1 aromatic rings. The number of amides is 2. The number of hydrogen-bond donors (Lipinski definition) is 2. The standard InChI is InChI=1S/C11H11N3O4/c1-18-11(17)8-4-2-7(3-5-8)6-13-14-10(16)9(12)15/h2-6H,1H3,(H2,12,15)(H,14,16)/b13-6+. The minimum Gasteiger partial charge on any atom is -0.465 e. The normalized spacial score (nSPS) is 10.1. The largest absolute Gasteiger partial charge is 0.465 e. The van der Waals surface area contributed by atoms with E-state index in [2.05, 4.69) is 9.84 Å². The molecule has 0 aliphatic carbocycles. The van der Waals surface area contributed by atoms with E-state index >= 15 is 0 Å². The van der Waals surface area contributed by atoms with Crippen molar-refractivity contribution in [1.82, 2.24) is 5.43 Å². The van der Waals surface area contributed by atoms with E-state index in [1.807, 2.05) is 5.43 Å². The molecular formula is C11H11N3O4. The van der Waals surface area contributed by atoms with Gasteiger partial charge in [0.1, 0.15) is 0 Å². The molecule has 0 radical (unpaired) electrons. The van der Waals surface area contributed by atoms with Crippen LogP contribution in [0.5, 0.6) is 0 Å². The SMILES string of the molecule is COC(=O)c1ccc(/C=N/NC(=O)C(N)=O)cc1. The maximum atomic E-state index is 11.1. The monoisotopic (exact) mass is 249 g/mol. The van der Waals surface area contributed by atoms with Crippen molar-refractivity contribution < 1.29 is 19.1 Å². The smallest absolute Gasteiger partial charge is 0.337 e. The number of benzene rings is 1. The van der Waals surface area contributed by atoms with E-state index in [0.717, 1.165) is 0 Å². The molecule has 0 saturated carbocycles. The molecule has 7 nitrogen and oxygen atoms in total. The lowest BCUT2D eigenvalue weighted by molar-refractivity contribution is -0.137. The Morgan fingerprint density at radius 3 is 2.39 bits per heavy atom. The average molecular weight is 249 g/mol. The zero-order valence-electron chi connectivity index (χ0n) is 9.54. The number of hydrogen-bond acceptors (Lipinski definition) is 5. The molecule has 0 aromatic heterocycles. The Kier molecular flexibility index (Phi) is 4.56. The summed E-state index contributed by atoms with van der Waals surface area (Å²) in [5.74, 6) is -2.56. The van der Waals surface area contributed by atoms with Crippen molar-refractivity contribution in [1.29, 1.82) is 0 Å². The van der Waals surface area contributed by atoms with E-state index in [1.54, 1.807) is 24.3 Å². The molecule has 0 heterocycles. The summed E-state index contributed by atoms with van der Waals surface area (Å²) in [6, 6.07) is 6.30. The fourth-order valence-corrected chi connectivity index (χ4v) is 1.04. The molecule has 0 atom stereocenters. The number of primary amides is 1. The van der Waals surface area contributed by atoms with Crippen molar-refractivity contribution in [2.45, 2.75) is 0 Å². The molecule has 7 heteroatoms. The quantitative estimate of drug-likeness (QED) is 0.322. The second-order valence-electron chi connectivity index (χ2n) is 3.18. The highest BCUT2D eigenvalue weighted by molar-refractivity contribution is 6.34. The van der Waals surface area contributed by atoms with Gasteiger partial charge in [-0.1, -0.05) is 12.1 Å². The Balaban J connectivity index is 2.64. The van der Waals surface area contributed by atoms with Gasteiger partial charge in [0.05, 0.1) is 18.9 Å². The van der Waals surface area contributed by atoms with Crippen LogP contribution < -0.4 is 11.2 Å². The fourth-order valence-electron chi connectivity index (χ4n) is 1.04. The van der Waals surface area contributed by atoms with Crippen LogP contribution in [0.4, 0.5) is 0 Å². The van der Waals surface area contributed by atoms with Gasteiger partial charge in [0.2, 0.25) is 0 Å². The molecule has 0 fully saturated rings. The van der Waals surface area contributed by atoms with Crippen molar-refractivity contribution in [3.05, 3.63) is 35.4 Å². The van der Waals surface area contributed by atoms with Gasteiger partial charge in [-0.3, -0.25) is 9.59 Å². The number of ether oxygens (including phenoxy) is 1. The number of carbonyl (C=O) groups excluding carboxylic acids is 3. The van der Waals surface area contributed by atoms with Crippen molar-refractivity contribution in [3.63, 3.8) is 0 Å². The molecule has 94 valence electrons. The Labute approximate surface area is 103 Å². The number of esters is 1. The molecule has 0 unspecified atom stereocenters. The summed E-state index contributed by atoms with van der Waals surface area (Å²) >= 11 is 0. The first-order valence-corrected chi connectivity index (χ1v) is 4.86. The topological polar surface area (TPSA) is 111 Å². The van der Waals surface area contributed by atoms with Crippen LogP contribution in [0.2, 0.25) is 0 Å². The van der Waals surface area contributed by atoms with Gasteiger partial charge in [0.25, 0.3) is 0 Å². The number of nitrogens with one attached hydrogen (secondary N) is 1. The van der Waals surface area contributed by atoms with Gasteiger partial charge in [-0.2, -0.15) is 5.10 Å². The summed E-state index contributed by atoms with van der Waals surface area (Å²) < 4.78 is 4.53. The number of hydrazone groups is 1. The lowest BCUT2D eigenvalue weighted by Gasteiger charge is -1.99. The molecule has 3 N–H and O–H groups in total. The number of nitrogens with two attached hydrogens (primary N) is 1. The molecule has 0 spiro atoms. The second-order valence-corrected chi connectivity index (χ2v) is 3.18. The highest BCUT2D eigenvalue weighted by Crippen LogP contribution is 2.03. The van der Waals surface area contributed by atoms with Crippen molar-refractivity contribution in [3.8, 4) is 0 Å². The number of rotatable bonds is 3. The maximum Gasteiger partial charge on any atom is 0.337 e. The van der Waals surface area contributed by atoms with Crippen LogP contribution in [0.3, 0.4) is 0 Å². The number of nitrogens with zero attached hydrogens (tertiary/aromatic N) is 1. The summed E-state index contributed by atoms with van der Waals surface area (Å²) in [4.78, 5) is 32.3. The predicted molar refractivity (Wildman–Crippen MR) is 62.7 cm³/mol. The molecule has 18 heavy (non-hydrogen) atoms. The zero-order valence-corrected chi connectivity index (χ0v) is 9.54. The van der Waals surface area contributed by atoms with Crippen LogP contribution in [0.15, 0.2) is 29.4 Å². The Hall–Kier alpha value is -2.70. The van der Waals surface area contributed by atoms with Gasteiger partial charge in [0.15, 0.2) is 0 Å². The minimum atomic E-state index is -1.12. The predicted octanol–water partition coefficient (Wildman–Crippen LogP) is -0.591. The van der Waals surface area contributed by atoms with Crippen molar-refractivity contribution >= 4 is 24.0 Å². The van der Waals surface area contributed by atoms with E-state index in [9.17, 15) is 14.4 Å². The van der Waals surface area contributed by atoms with Crippen LogP contribution in [0.25, 0.3) is 0 Å². The van der Waals surface area contributed by atoms with Crippen LogP contribution in [-0.4, -0.2) is 31.1 Å². The second kappa shape index (κ2) is 6.14. The Morgan fingerprint density at radius 1 is 1.28 bits per heavy atom. The molecule has 0 aliphatic rings. The third kappa shape index (κ3) is 3.71. The van der Waals surface area contributed by atoms with Crippen LogP contribution >= 0.6 is 0 Å². The zero-order chi connectivity index (χ0) is 13.5. The first kappa shape index (κ1) is 13.4. The Bertz CT molecular complexity index is 494. The third-order valence-corrected chi connectivity index (χ3v) is 1.94. The van der Waals surface area contributed by atoms with E-state index < -0.39 is 17.8 Å². The number of methoxy groups -OCH3 is 1. The van der Waals surface area contributed by atoms with Crippen molar-refractivity contribution in [2.24, 2.45) is 10.8 Å². The molecular weight excluding hydrogens is 238 g/mol. The van der Waals surface area contributed by atoms with E-state index in [-0.39, 0.29) is 0 Å². The molecule has 0 aliphatic heterocycles. The highest BCUT2D eigenvalue weighted by Gasteiger charge is 2.05. The summed E-state index contributed by atoms with van der Waals surface area (Å²) in [5, 5.41) is 3.52. The first-order valence-electron chi connectivity index (χ1n) is 4.86. The van der Waals surface area contributed by atoms with Gasteiger partial charge in [-0.25, -0.2) is 10.2 Å². The average Bonchev–Trinajstić information content (AvgIpc) is 2.38. The van der Waals surface area contributed by atoms with Gasteiger partial charge < -0.3 is 10.5 Å². The maximum absolute atomic E-state index is 11.1. The Morgan fingerprint density at radius 2 is 1.89 bits per heavy atom. The van der Waals surface area contributed by atoms with Gasteiger partial charge in [-0.15, -0.1) is 0 Å². The van der Waals surface area contributed by atoms with E-state index in [0.29, 0.717) is 11.1 Å². The lowest BCUT2D eigenvalue weighted by Crippen LogP contribution is -2.32. The summed E-state index contributed by atoms with van der Waals surface area (Å²) in [6.07, 6.45) is 1.31. The highest BCUT2D eigenvalue weighted by atomic mass is 16.5. The summed E-state index contributed by atoms with van der Waals surface area (Å²) in [6.45, 7) is 0. The van der Waals surface area contributed by atoms with Crippen LogP contribution in [0, 0.1) is 0 Å². The molecule has 2 amide bonds. The molecule has 0 saturated heterocycles. The molecule has 1 aromatic carbocycles. The third-order valence-electron chi connectivity index (χ3n) is 1.94.